The van der Waals surface area contributed by atoms with E-state index in [0.29, 0.717) is 5.41 Å². The molecule has 3 heteroatoms. The molecule has 2 rings (SSSR count). The van der Waals surface area contributed by atoms with Crippen molar-refractivity contribution < 1.29 is 4.79 Å². The standard InChI is InChI=1S/C14H24BrNO/c1-13(2,15)12(17)16-10-8-14(9-11-16)6-4-3-5-7-14/h3-11H2,1-2H3. The Labute approximate surface area is 113 Å². The molecule has 2 aliphatic rings. The largest absolute Gasteiger partial charge is 0.341 e. The van der Waals surface area contributed by atoms with Crippen molar-refractivity contribution in [2.24, 2.45) is 5.41 Å². The molecule has 0 unspecified atom stereocenters. The maximum atomic E-state index is 12.2. The summed E-state index contributed by atoms with van der Waals surface area (Å²) in [5.41, 5.74) is 0.589. The fourth-order valence-electron chi connectivity index (χ4n) is 3.36. The van der Waals surface area contributed by atoms with E-state index in [4.69, 9.17) is 0 Å². The van der Waals surface area contributed by atoms with Gasteiger partial charge in [0.25, 0.3) is 0 Å². The van der Waals surface area contributed by atoms with Crippen molar-refractivity contribution >= 4 is 21.8 Å². The second-order valence-electron chi connectivity index (χ2n) is 6.33. The third kappa shape index (κ3) is 3.04. The van der Waals surface area contributed by atoms with Gasteiger partial charge in [0, 0.05) is 13.1 Å². The summed E-state index contributed by atoms with van der Waals surface area (Å²) in [7, 11) is 0. The molecule has 98 valence electrons. The molecule has 0 radical (unpaired) electrons. The highest BCUT2D eigenvalue weighted by atomic mass is 79.9. The van der Waals surface area contributed by atoms with Crippen LogP contribution >= 0.6 is 15.9 Å². The fourth-order valence-corrected chi connectivity index (χ4v) is 3.61. The fraction of sp³-hybridized carbons (Fsp3) is 0.929. The van der Waals surface area contributed by atoms with Crippen LogP contribution in [0, 0.1) is 5.41 Å². The number of carbonyl (C=O) groups is 1. The third-order valence-corrected chi connectivity index (χ3v) is 4.87. The molecule has 1 heterocycles. The zero-order chi connectivity index (χ0) is 12.5. The van der Waals surface area contributed by atoms with Crippen LogP contribution in [0.1, 0.15) is 58.8 Å². The molecule has 0 N–H and O–H groups in total. The number of nitrogens with zero attached hydrogens (tertiary/aromatic N) is 1. The SMILES string of the molecule is CC(C)(Br)C(=O)N1CCC2(CCCCC2)CC1. The maximum Gasteiger partial charge on any atom is 0.238 e. The van der Waals surface area contributed by atoms with Gasteiger partial charge in [-0.15, -0.1) is 0 Å². The lowest BCUT2D eigenvalue weighted by Gasteiger charge is -2.45. The number of amides is 1. The number of hydrogen-bond donors (Lipinski definition) is 0. The van der Waals surface area contributed by atoms with Crippen LogP contribution in [0.5, 0.6) is 0 Å². The Balaban J connectivity index is 1.91. The number of rotatable bonds is 1. The zero-order valence-electron chi connectivity index (χ0n) is 11.1. The van der Waals surface area contributed by atoms with Crippen LogP contribution in [0.3, 0.4) is 0 Å². The second kappa shape index (κ2) is 4.91. The molecule has 1 aliphatic heterocycles. The molecule has 1 saturated carbocycles. The van der Waals surface area contributed by atoms with Gasteiger partial charge in [0.2, 0.25) is 5.91 Å². The van der Waals surface area contributed by atoms with E-state index in [-0.39, 0.29) is 5.91 Å². The molecule has 2 nitrogen and oxygen atoms in total. The number of alkyl halides is 1. The monoisotopic (exact) mass is 301 g/mol. The van der Waals surface area contributed by atoms with Crippen LogP contribution in [0.25, 0.3) is 0 Å². The first-order valence-corrected chi connectivity index (χ1v) is 7.71. The molecule has 0 bridgehead atoms. The second-order valence-corrected chi connectivity index (χ2v) is 8.31. The predicted molar refractivity (Wildman–Crippen MR) is 74.3 cm³/mol. The zero-order valence-corrected chi connectivity index (χ0v) is 12.7. The number of carbonyl (C=O) groups excluding carboxylic acids is 1. The quantitative estimate of drug-likeness (QED) is 0.676. The van der Waals surface area contributed by atoms with Gasteiger partial charge in [-0.1, -0.05) is 35.2 Å². The summed E-state index contributed by atoms with van der Waals surface area (Å²) in [6, 6.07) is 0. The van der Waals surface area contributed by atoms with Crippen LogP contribution in [0.2, 0.25) is 0 Å². The molecule has 2 fully saturated rings. The Bertz CT molecular complexity index is 279. The Morgan fingerprint density at radius 2 is 1.59 bits per heavy atom. The highest BCUT2D eigenvalue weighted by Gasteiger charge is 2.38. The van der Waals surface area contributed by atoms with E-state index in [1.165, 1.54) is 44.9 Å². The van der Waals surface area contributed by atoms with Gasteiger partial charge in [-0.3, -0.25) is 4.79 Å². The van der Waals surface area contributed by atoms with Crippen molar-refractivity contribution in [1.82, 2.24) is 4.90 Å². The summed E-state index contributed by atoms with van der Waals surface area (Å²) in [5, 5.41) is 0. The highest BCUT2D eigenvalue weighted by molar-refractivity contribution is 9.10. The maximum absolute atomic E-state index is 12.2. The first-order chi connectivity index (χ1) is 7.93. The van der Waals surface area contributed by atoms with Crippen LogP contribution in [-0.4, -0.2) is 28.2 Å². The Morgan fingerprint density at radius 3 is 2.06 bits per heavy atom. The summed E-state index contributed by atoms with van der Waals surface area (Å²) in [4.78, 5) is 14.2. The molecular formula is C14H24BrNO. The lowest BCUT2D eigenvalue weighted by atomic mass is 9.68. The molecule has 1 saturated heterocycles. The summed E-state index contributed by atoms with van der Waals surface area (Å²) in [5.74, 6) is 0.253. The average molecular weight is 302 g/mol. The van der Waals surface area contributed by atoms with Crippen LogP contribution in [-0.2, 0) is 4.79 Å². The minimum atomic E-state index is -0.399. The van der Waals surface area contributed by atoms with E-state index in [9.17, 15) is 4.79 Å². The van der Waals surface area contributed by atoms with Crippen molar-refractivity contribution in [3.05, 3.63) is 0 Å². The van der Waals surface area contributed by atoms with Gasteiger partial charge in [-0.2, -0.15) is 0 Å². The average Bonchev–Trinajstić information content (AvgIpc) is 2.29. The molecule has 17 heavy (non-hydrogen) atoms. The normalized spacial score (nSPS) is 25.0. The lowest BCUT2D eigenvalue weighted by molar-refractivity contribution is -0.135. The topological polar surface area (TPSA) is 20.3 Å². The lowest BCUT2D eigenvalue weighted by Crippen LogP contribution is -2.48. The molecule has 1 aliphatic carbocycles. The first-order valence-electron chi connectivity index (χ1n) is 6.91. The van der Waals surface area contributed by atoms with Crippen LogP contribution in [0.15, 0.2) is 0 Å². The minimum Gasteiger partial charge on any atom is -0.341 e. The number of halogens is 1. The Hall–Kier alpha value is -0.0500. The summed E-state index contributed by atoms with van der Waals surface area (Å²) < 4.78 is -0.399. The van der Waals surface area contributed by atoms with E-state index >= 15 is 0 Å². The van der Waals surface area contributed by atoms with E-state index in [2.05, 4.69) is 20.8 Å². The van der Waals surface area contributed by atoms with Crippen molar-refractivity contribution in [3.63, 3.8) is 0 Å². The van der Waals surface area contributed by atoms with Crippen molar-refractivity contribution in [1.29, 1.82) is 0 Å². The van der Waals surface area contributed by atoms with Crippen molar-refractivity contribution in [2.75, 3.05) is 13.1 Å². The van der Waals surface area contributed by atoms with Gasteiger partial charge in [0.1, 0.15) is 0 Å². The first kappa shape index (κ1) is 13.4. The van der Waals surface area contributed by atoms with Gasteiger partial charge in [-0.25, -0.2) is 0 Å². The third-order valence-electron chi connectivity index (χ3n) is 4.53. The van der Waals surface area contributed by atoms with Crippen LogP contribution in [0.4, 0.5) is 0 Å². The summed E-state index contributed by atoms with van der Waals surface area (Å²) >= 11 is 3.48. The number of piperidine rings is 1. The van der Waals surface area contributed by atoms with Gasteiger partial charge in [0.15, 0.2) is 0 Å². The predicted octanol–water partition coefficient (Wildman–Crippen LogP) is 3.73. The van der Waals surface area contributed by atoms with E-state index in [1.54, 1.807) is 0 Å². The molecular weight excluding hydrogens is 278 g/mol. The molecule has 0 aromatic heterocycles. The van der Waals surface area contributed by atoms with Gasteiger partial charge < -0.3 is 4.90 Å². The van der Waals surface area contributed by atoms with E-state index in [0.717, 1.165) is 13.1 Å². The molecule has 1 amide bonds. The minimum absolute atomic E-state index is 0.253. The summed E-state index contributed by atoms with van der Waals surface area (Å²) in [6.07, 6.45) is 9.46. The Morgan fingerprint density at radius 1 is 1.06 bits per heavy atom. The van der Waals surface area contributed by atoms with E-state index < -0.39 is 4.32 Å². The summed E-state index contributed by atoms with van der Waals surface area (Å²) in [6.45, 7) is 5.82. The molecule has 1 spiro atoms. The van der Waals surface area contributed by atoms with Crippen molar-refractivity contribution in [2.45, 2.75) is 63.1 Å². The number of hydrogen-bond acceptors (Lipinski definition) is 1. The van der Waals surface area contributed by atoms with Gasteiger partial charge in [0.05, 0.1) is 4.32 Å². The Kier molecular flexibility index (Phi) is 3.86. The molecule has 0 aromatic carbocycles. The molecule has 0 aromatic rings. The van der Waals surface area contributed by atoms with Crippen LogP contribution < -0.4 is 0 Å². The highest BCUT2D eigenvalue weighted by Crippen LogP contribution is 2.44. The smallest absolute Gasteiger partial charge is 0.238 e. The van der Waals surface area contributed by atoms with Crippen molar-refractivity contribution in [3.8, 4) is 0 Å². The van der Waals surface area contributed by atoms with Gasteiger partial charge >= 0.3 is 0 Å². The molecule has 0 atom stereocenters. The van der Waals surface area contributed by atoms with Gasteiger partial charge in [-0.05, 0) is 44.9 Å². The van der Waals surface area contributed by atoms with E-state index in [1.807, 2.05) is 13.8 Å². The number of likely N-dealkylation sites (tertiary alicyclic amines) is 1.